The summed E-state index contributed by atoms with van der Waals surface area (Å²) in [6.07, 6.45) is 6.21. The molecule has 0 saturated heterocycles. The van der Waals surface area contributed by atoms with E-state index in [1.54, 1.807) is 6.20 Å². The fourth-order valence-electron chi connectivity index (χ4n) is 2.66. The van der Waals surface area contributed by atoms with Gasteiger partial charge in [0.2, 0.25) is 0 Å². The van der Waals surface area contributed by atoms with Gasteiger partial charge in [0.1, 0.15) is 5.69 Å². The molecule has 0 aliphatic heterocycles. The van der Waals surface area contributed by atoms with Crippen molar-refractivity contribution in [1.82, 2.24) is 24.9 Å². The van der Waals surface area contributed by atoms with Crippen LogP contribution < -0.4 is 10.9 Å². The molecule has 2 aromatic heterocycles. The molecule has 0 spiro atoms. The molecule has 1 amide bonds. The zero-order valence-corrected chi connectivity index (χ0v) is 15.3. The van der Waals surface area contributed by atoms with Crippen LogP contribution in [0.3, 0.4) is 0 Å². The number of nitrogens with one attached hydrogen (secondary N) is 1. The van der Waals surface area contributed by atoms with Crippen molar-refractivity contribution >= 4 is 5.91 Å². The number of hydrogen-bond donors (Lipinski definition) is 1. The minimum atomic E-state index is -0.282. The summed E-state index contributed by atoms with van der Waals surface area (Å²) in [4.78, 5) is 24.1. The number of benzene rings is 1. The van der Waals surface area contributed by atoms with E-state index in [1.165, 1.54) is 16.8 Å². The average molecular weight is 365 g/mol. The Morgan fingerprint density at radius 3 is 2.74 bits per heavy atom. The quantitative estimate of drug-likeness (QED) is 0.663. The molecule has 1 aromatic carbocycles. The molecular formula is C20H23N5O2. The van der Waals surface area contributed by atoms with Crippen LogP contribution in [0, 0.1) is 0 Å². The number of aromatic nitrogens is 4. The summed E-state index contributed by atoms with van der Waals surface area (Å²) < 4.78 is 3.16. The highest BCUT2D eigenvalue weighted by atomic mass is 16.2. The third-order valence-electron chi connectivity index (χ3n) is 4.18. The number of carbonyl (C=O) groups excluding carboxylic acids is 1. The molecular weight excluding hydrogens is 342 g/mol. The van der Waals surface area contributed by atoms with Crippen molar-refractivity contribution in [1.29, 1.82) is 0 Å². The fourth-order valence-corrected chi connectivity index (χ4v) is 2.66. The lowest BCUT2D eigenvalue weighted by Crippen LogP contribution is -2.30. The van der Waals surface area contributed by atoms with Gasteiger partial charge in [-0.2, -0.15) is 10.2 Å². The normalized spacial score (nSPS) is 10.7. The van der Waals surface area contributed by atoms with Crippen molar-refractivity contribution in [3.8, 4) is 5.69 Å². The van der Waals surface area contributed by atoms with E-state index in [2.05, 4.69) is 15.5 Å². The molecule has 3 aromatic rings. The highest BCUT2D eigenvalue weighted by Gasteiger charge is 2.09. The molecule has 7 nitrogen and oxygen atoms in total. The van der Waals surface area contributed by atoms with Crippen molar-refractivity contribution < 1.29 is 4.79 Å². The molecule has 27 heavy (non-hydrogen) atoms. The van der Waals surface area contributed by atoms with E-state index in [0.717, 1.165) is 24.1 Å². The maximum absolute atomic E-state index is 12.3. The van der Waals surface area contributed by atoms with Crippen molar-refractivity contribution in [2.45, 2.75) is 32.7 Å². The molecule has 0 aliphatic carbocycles. The van der Waals surface area contributed by atoms with E-state index in [4.69, 9.17) is 0 Å². The lowest BCUT2D eigenvalue weighted by atomic mass is 10.2. The fraction of sp³-hybridized carbons (Fsp3) is 0.300. The predicted molar refractivity (Wildman–Crippen MR) is 103 cm³/mol. The van der Waals surface area contributed by atoms with Crippen molar-refractivity contribution in [2.24, 2.45) is 0 Å². The first-order valence-corrected chi connectivity index (χ1v) is 9.12. The first kappa shape index (κ1) is 18.6. The summed E-state index contributed by atoms with van der Waals surface area (Å²) in [7, 11) is 0. The lowest BCUT2D eigenvalue weighted by Gasteiger charge is -2.07. The summed E-state index contributed by atoms with van der Waals surface area (Å²) in [6.45, 7) is 3.03. The first-order chi connectivity index (χ1) is 13.2. The van der Waals surface area contributed by atoms with Gasteiger partial charge in [-0.15, -0.1) is 0 Å². The smallest absolute Gasteiger partial charge is 0.271 e. The standard InChI is InChI=1S/C20H23N5O2/c1-2-3-13-24-19(26)10-9-18(23-24)20(27)21-12-11-16-14-22-25(15-16)17-7-5-4-6-8-17/h4-10,14-15H,2-3,11-13H2,1H3,(H,21,27). The Morgan fingerprint density at radius 2 is 1.96 bits per heavy atom. The number of nitrogens with zero attached hydrogens (tertiary/aromatic N) is 4. The molecule has 1 N–H and O–H groups in total. The minimum absolute atomic E-state index is 0.187. The predicted octanol–water partition coefficient (Wildman–Crippen LogP) is 2.20. The maximum atomic E-state index is 12.3. The van der Waals surface area contributed by atoms with Crippen molar-refractivity contribution in [3.63, 3.8) is 0 Å². The van der Waals surface area contributed by atoms with E-state index >= 15 is 0 Å². The average Bonchev–Trinajstić information content (AvgIpc) is 3.17. The van der Waals surface area contributed by atoms with Gasteiger partial charge in [-0.25, -0.2) is 9.36 Å². The minimum Gasteiger partial charge on any atom is -0.350 e. The third-order valence-corrected chi connectivity index (χ3v) is 4.18. The Balaban J connectivity index is 1.55. The highest BCUT2D eigenvalue weighted by molar-refractivity contribution is 5.91. The van der Waals surface area contributed by atoms with Crippen LogP contribution in [0.15, 0.2) is 59.7 Å². The Labute approximate surface area is 157 Å². The molecule has 0 aliphatic rings. The van der Waals surface area contributed by atoms with E-state index in [9.17, 15) is 9.59 Å². The van der Waals surface area contributed by atoms with Gasteiger partial charge in [0.05, 0.1) is 11.9 Å². The van der Waals surface area contributed by atoms with Gasteiger partial charge in [-0.3, -0.25) is 9.59 Å². The van der Waals surface area contributed by atoms with Crippen LogP contribution in [0.4, 0.5) is 0 Å². The summed E-state index contributed by atoms with van der Waals surface area (Å²) in [6, 6.07) is 12.7. The number of aryl methyl sites for hydroxylation is 1. The Kier molecular flexibility index (Phi) is 6.14. The summed E-state index contributed by atoms with van der Waals surface area (Å²) in [5.41, 5.74) is 2.09. The van der Waals surface area contributed by atoms with Crippen molar-refractivity contribution in [3.05, 3.63) is 76.5 Å². The topological polar surface area (TPSA) is 81.8 Å². The monoisotopic (exact) mass is 365 g/mol. The number of carbonyl (C=O) groups is 1. The Bertz CT molecular complexity index is 946. The molecule has 0 atom stereocenters. The van der Waals surface area contributed by atoms with Crippen LogP contribution in [0.2, 0.25) is 0 Å². The molecule has 0 unspecified atom stereocenters. The van der Waals surface area contributed by atoms with Gasteiger partial charge in [-0.1, -0.05) is 31.5 Å². The molecule has 7 heteroatoms. The molecule has 0 radical (unpaired) electrons. The Hall–Kier alpha value is -3.22. The van der Waals surface area contributed by atoms with Gasteiger partial charge < -0.3 is 5.32 Å². The number of amides is 1. The van der Waals surface area contributed by atoms with Crippen LogP contribution in [-0.2, 0) is 13.0 Å². The molecule has 2 heterocycles. The van der Waals surface area contributed by atoms with Gasteiger partial charge >= 0.3 is 0 Å². The van der Waals surface area contributed by atoms with E-state index in [-0.39, 0.29) is 17.2 Å². The van der Waals surface area contributed by atoms with Crippen LogP contribution in [0.25, 0.3) is 5.69 Å². The van der Waals surface area contributed by atoms with E-state index < -0.39 is 0 Å². The molecule has 0 saturated carbocycles. The maximum Gasteiger partial charge on any atom is 0.271 e. The number of para-hydroxylation sites is 1. The van der Waals surface area contributed by atoms with Crippen LogP contribution >= 0.6 is 0 Å². The van der Waals surface area contributed by atoms with Crippen molar-refractivity contribution in [2.75, 3.05) is 6.54 Å². The van der Waals surface area contributed by atoms with Gasteiger partial charge in [0.15, 0.2) is 0 Å². The first-order valence-electron chi connectivity index (χ1n) is 9.12. The van der Waals surface area contributed by atoms with Gasteiger partial charge in [-0.05, 0) is 36.6 Å². The molecule has 3 rings (SSSR count). The van der Waals surface area contributed by atoms with E-state index in [0.29, 0.717) is 19.5 Å². The van der Waals surface area contributed by atoms with Gasteiger partial charge in [0, 0.05) is 25.4 Å². The van der Waals surface area contributed by atoms with E-state index in [1.807, 2.05) is 48.1 Å². The zero-order chi connectivity index (χ0) is 19.1. The Morgan fingerprint density at radius 1 is 1.15 bits per heavy atom. The summed E-state index contributed by atoms with van der Waals surface area (Å²) in [5.74, 6) is -0.282. The zero-order valence-electron chi connectivity index (χ0n) is 15.3. The molecule has 0 fully saturated rings. The van der Waals surface area contributed by atoms with Crippen LogP contribution in [0.1, 0.15) is 35.8 Å². The summed E-state index contributed by atoms with van der Waals surface area (Å²) >= 11 is 0. The summed E-state index contributed by atoms with van der Waals surface area (Å²) in [5, 5.41) is 11.3. The highest BCUT2D eigenvalue weighted by Crippen LogP contribution is 2.07. The lowest BCUT2D eigenvalue weighted by molar-refractivity contribution is 0.0946. The second kappa shape index (κ2) is 8.93. The van der Waals surface area contributed by atoms with Crippen LogP contribution in [-0.4, -0.2) is 32.0 Å². The SMILES string of the molecule is CCCCn1nc(C(=O)NCCc2cnn(-c3ccccc3)c2)ccc1=O. The largest absolute Gasteiger partial charge is 0.350 e. The molecule has 140 valence electrons. The van der Waals surface area contributed by atoms with Gasteiger partial charge in [0.25, 0.3) is 11.5 Å². The number of unbranched alkanes of at least 4 members (excludes halogenated alkanes) is 1. The third kappa shape index (κ3) is 4.91. The number of hydrogen-bond acceptors (Lipinski definition) is 4. The second-order valence-electron chi connectivity index (χ2n) is 6.27. The molecule has 0 bridgehead atoms. The number of rotatable bonds is 8. The second-order valence-corrected chi connectivity index (χ2v) is 6.27. The van der Waals surface area contributed by atoms with Crippen LogP contribution in [0.5, 0.6) is 0 Å².